The number of pyridine rings is 1. The smallest absolute Gasteiger partial charge is 0.0696 e. The van der Waals surface area contributed by atoms with Crippen molar-refractivity contribution in [3.63, 3.8) is 0 Å². The maximum Gasteiger partial charge on any atom is 0.0696 e. The van der Waals surface area contributed by atoms with Crippen LogP contribution in [0.25, 0.3) is 0 Å². The second kappa shape index (κ2) is 6.61. The first-order valence-corrected chi connectivity index (χ1v) is 5.98. The van der Waals surface area contributed by atoms with Gasteiger partial charge in [0.1, 0.15) is 0 Å². The highest BCUT2D eigenvalue weighted by Gasteiger charge is 2.17. The summed E-state index contributed by atoms with van der Waals surface area (Å²) in [6.07, 6.45) is 5.78. The Kier molecular flexibility index (Phi) is 5.43. The standard InChI is InChI=1S/C13H22N2O/c1-3-5-12(14)13(16)8-10(2)11-6-4-7-15-9-11/h4,6-7,9-10,12-13,16H,3,5,8,14H2,1-2H3. The third-order valence-electron chi connectivity index (χ3n) is 2.96. The average Bonchev–Trinajstić information content (AvgIpc) is 2.30. The lowest BCUT2D eigenvalue weighted by atomic mass is 9.92. The van der Waals surface area contributed by atoms with Crippen molar-refractivity contribution in [2.45, 2.75) is 51.2 Å². The van der Waals surface area contributed by atoms with Crippen LogP contribution in [0.15, 0.2) is 24.5 Å². The summed E-state index contributed by atoms with van der Waals surface area (Å²) in [6.45, 7) is 4.18. The van der Waals surface area contributed by atoms with E-state index in [0.29, 0.717) is 12.3 Å². The van der Waals surface area contributed by atoms with Crippen LogP contribution >= 0.6 is 0 Å². The Hall–Kier alpha value is -0.930. The fourth-order valence-electron chi connectivity index (χ4n) is 1.87. The lowest BCUT2D eigenvalue weighted by Crippen LogP contribution is -2.35. The Bertz CT molecular complexity index is 289. The number of aromatic nitrogens is 1. The van der Waals surface area contributed by atoms with Gasteiger partial charge in [0.15, 0.2) is 0 Å². The monoisotopic (exact) mass is 222 g/mol. The van der Waals surface area contributed by atoms with Crippen molar-refractivity contribution in [1.82, 2.24) is 4.98 Å². The first-order valence-electron chi connectivity index (χ1n) is 5.98. The molecule has 0 fully saturated rings. The number of rotatable bonds is 6. The number of nitrogens with zero attached hydrogens (tertiary/aromatic N) is 1. The molecule has 90 valence electrons. The molecule has 3 nitrogen and oxygen atoms in total. The number of aliphatic hydroxyl groups excluding tert-OH is 1. The first kappa shape index (κ1) is 13.1. The summed E-state index contributed by atoms with van der Waals surface area (Å²) in [7, 11) is 0. The van der Waals surface area contributed by atoms with Crippen molar-refractivity contribution >= 4 is 0 Å². The first-order chi connectivity index (χ1) is 7.65. The second-order valence-corrected chi connectivity index (χ2v) is 4.44. The third kappa shape index (κ3) is 3.91. The van der Waals surface area contributed by atoms with Gasteiger partial charge in [-0.2, -0.15) is 0 Å². The third-order valence-corrected chi connectivity index (χ3v) is 2.96. The zero-order valence-electron chi connectivity index (χ0n) is 10.1. The molecule has 1 aromatic rings. The van der Waals surface area contributed by atoms with Crippen LogP contribution in [0.1, 0.15) is 44.6 Å². The van der Waals surface area contributed by atoms with Gasteiger partial charge in [-0.1, -0.05) is 26.3 Å². The Morgan fingerprint density at radius 3 is 2.81 bits per heavy atom. The minimum absolute atomic E-state index is 0.107. The summed E-state index contributed by atoms with van der Waals surface area (Å²) in [5, 5.41) is 9.94. The van der Waals surface area contributed by atoms with E-state index < -0.39 is 6.10 Å². The molecule has 1 heterocycles. The van der Waals surface area contributed by atoms with Gasteiger partial charge in [-0.3, -0.25) is 4.98 Å². The molecule has 3 heteroatoms. The molecule has 0 radical (unpaired) electrons. The maximum atomic E-state index is 9.94. The van der Waals surface area contributed by atoms with E-state index in [0.717, 1.165) is 18.4 Å². The molecule has 0 saturated heterocycles. The molecule has 0 spiro atoms. The molecule has 16 heavy (non-hydrogen) atoms. The van der Waals surface area contributed by atoms with Crippen LogP contribution < -0.4 is 5.73 Å². The van der Waals surface area contributed by atoms with Gasteiger partial charge in [0, 0.05) is 18.4 Å². The lowest BCUT2D eigenvalue weighted by molar-refractivity contribution is 0.124. The lowest BCUT2D eigenvalue weighted by Gasteiger charge is -2.21. The quantitative estimate of drug-likeness (QED) is 0.774. The summed E-state index contributed by atoms with van der Waals surface area (Å²) >= 11 is 0. The van der Waals surface area contributed by atoms with Gasteiger partial charge < -0.3 is 10.8 Å². The predicted molar refractivity (Wildman–Crippen MR) is 66.2 cm³/mol. The van der Waals surface area contributed by atoms with Gasteiger partial charge in [0.25, 0.3) is 0 Å². The van der Waals surface area contributed by atoms with Crippen molar-refractivity contribution in [3.05, 3.63) is 30.1 Å². The minimum atomic E-state index is -0.421. The molecule has 1 aromatic heterocycles. The molecule has 0 aliphatic carbocycles. The molecule has 3 atom stereocenters. The molecular formula is C13H22N2O. The number of aliphatic hydroxyl groups is 1. The molecule has 0 aliphatic rings. The van der Waals surface area contributed by atoms with E-state index in [1.54, 1.807) is 6.20 Å². The average molecular weight is 222 g/mol. The van der Waals surface area contributed by atoms with Gasteiger partial charge in [-0.15, -0.1) is 0 Å². The molecule has 3 N–H and O–H groups in total. The van der Waals surface area contributed by atoms with E-state index in [2.05, 4.69) is 18.8 Å². The summed E-state index contributed by atoms with van der Waals surface area (Å²) < 4.78 is 0. The second-order valence-electron chi connectivity index (χ2n) is 4.44. The zero-order chi connectivity index (χ0) is 12.0. The number of nitrogens with two attached hydrogens (primary N) is 1. The van der Waals surface area contributed by atoms with Crippen molar-refractivity contribution in [2.75, 3.05) is 0 Å². The van der Waals surface area contributed by atoms with Crippen molar-refractivity contribution in [3.8, 4) is 0 Å². The molecule has 0 aromatic carbocycles. The van der Waals surface area contributed by atoms with Gasteiger partial charge in [-0.25, -0.2) is 0 Å². The molecule has 0 amide bonds. The summed E-state index contributed by atoms with van der Waals surface area (Å²) in [5.74, 6) is 0.298. The van der Waals surface area contributed by atoms with Gasteiger partial charge in [-0.05, 0) is 30.4 Å². The summed E-state index contributed by atoms with van der Waals surface area (Å²) in [6, 6.07) is 3.85. The Labute approximate surface area is 97.7 Å². The Balaban J connectivity index is 2.48. The minimum Gasteiger partial charge on any atom is -0.391 e. The summed E-state index contributed by atoms with van der Waals surface area (Å²) in [4.78, 5) is 4.08. The normalized spacial score (nSPS) is 16.8. The van der Waals surface area contributed by atoms with Crippen molar-refractivity contribution in [2.24, 2.45) is 5.73 Å². The van der Waals surface area contributed by atoms with Gasteiger partial charge in [0.05, 0.1) is 6.10 Å². The van der Waals surface area contributed by atoms with Crippen LogP contribution in [0.4, 0.5) is 0 Å². The number of hydrogen-bond acceptors (Lipinski definition) is 3. The van der Waals surface area contributed by atoms with E-state index in [1.807, 2.05) is 18.3 Å². The van der Waals surface area contributed by atoms with Crippen LogP contribution in [-0.2, 0) is 0 Å². The molecule has 0 aliphatic heterocycles. The molecule has 0 saturated carbocycles. The van der Waals surface area contributed by atoms with Crippen LogP contribution in [0.2, 0.25) is 0 Å². The van der Waals surface area contributed by atoms with E-state index in [-0.39, 0.29) is 6.04 Å². The van der Waals surface area contributed by atoms with Crippen molar-refractivity contribution in [1.29, 1.82) is 0 Å². The van der Waals surface area contributed by atoms with Crippen LogP contribution in [0.3, 0.4) is 0 Å². The highest BCUT2D eigenvalue weighted by atomic mass is 16.3. The van der Waals surface area contributed by atoms with Crippen molar-refractivity contribution < 1.29 is 5.11 Å². The van der Waals surface area contributed by atoms with E-state index in [4.69, 9.17) is 5.73 Å². The van der Waals surface area contributed by atoms with Crippen LogP contribution in [0, 0.1) is 0 Å². The highest BCUT2D eigenvalue weighted by Crippen LogP contribution is 2.21. The fraction of sp³-hybridized carbons (Fsp3) is 0.615. The largest absolute Gasteiger partial charge is 0.391 e. The zero-order valence-corrected chi connectivity index (χ0v) is 10.1. The van der Waals surface area contributed by atoms with E-state index >= 15 is 0 Å². The topological polar surface area (TPSA) is 59.1 Å². The molecule has 1 rings (SSSR count). The van der Waals surface area contributed by atoms with Gasteiger partial charge in [0.2, 0.25) is 0 Å². The summed E-state index contributed by atoms with van der Waals surface area (Å²) in [5.41, 5.74) is 7.05. The van der Waals surface area contributed by atoms with Crippen LogP contribution in [0.5, 0.6) is 0 Å². The molecular weight excluding hydrogens is 200 g/mol. The SMILES string of the molecule is CCCC(N)C(O)CC(C)c1cccnc1. The highest BCUT2D eigenvalue weighted by molar-refractivity contribution is 5.13. The molecule has 3 unspecified atom stereocenters. The van der Waals surface area contributed by atoms with E-state index in [9.17, 15) is 5.11 Å². The van der Waals surface area contributed by atoms with Crippen LogP contribution in [-0.4, -0.2) is 22.2 Å². The maximum absolute atomic E-state index is 9.94. The fourth-order valence-corrected chi connectivity index (χ4v) is 1.87. The van der Waals surface area contributed by atoms with E-state index in [1.165, 1.54) is 0 Å². The van der Waals surface area contributed by atoms with Gasteiger partial charge >= 0.3 is 0 Å². The molecule has 0 bridgehead atoms. The number of hydrogen-bond donors (Lipinski definition) is 2. The Morgan fingerprint density at radius 1 is 1.50 bits per heavy atom. The predicted octanol–water partition coefficient (Wildman–Crippen LogP) is 2.06. The Morgan fingerprint density at radius 2 is 2.25 bits per heavy atom.